The molecule has 100 valence electrons. The number of halogens is 1. The minimum Gasteiger partial charge on any atom is -0.493 e. The lowest BCUT2D eigenvalue weighted by Crippen LogP contribution is -2.04. The Bertz CT molecular complexity index is 598. The summed E-state index contributed by atoms with van der Waals surface area (Å²) in [6.45, 7) is 0.201. The fraction of sp³-hybridized carbons (Fsp3) is 0.250. The van der Waals surface area contributed by atoms with Gasteiger partial charge in [-0.05, 0) is 12.1 Å². The normalized spacial score (nSPS) is 10.3. The zero-order valence-electron chi connectivity index (χ0n) is 10.5. The lowest BCUT2D eigenvalue weighted by atomic mass is 10.2. The number of aryl methyl sites for hydroxylation is 1. The van der Waals surface area contributed by atoms with Crippen LogP contribution in [0.2, 0.25) is 5.02 Å². The maximum atomic E-state index is 10.8. The molecule has 0 aliphatic carbocycles. The van der Waals surface area contributed by atoms with Gasteiger partial charge in [-0.25, -0.2) is 0 Å². The topological polar surface area (TPSA) is 66.2 Å². The van der Waals surface area contributed by atoms with Crippen LogP contribution in [0.25, 0.3) is 0 Å². The molecule has 2 rings (SSSR count). The van der Waals surface area contributed by atoms with Gasteiger partial charge in [-0.15, -0.1) is 10.2 Å². The van der Waals surface area contributed by atoms with Crippen LogP contribution in [-0.2, 0) is 13.7 Å². The Morgan fingerprint density at radius 3 is 2.84 bits per heavy atom. The second kappa shape index (κ2) is 5.71. The van der Waals surface area contributed by atoms with E-state index in [9.17, 15) is 4.79 Å². The van der Waals surface area contributed by atoms with Crippen molar-refractivity contribution in [3.63, 3.8) is 0 Å². The smallest absolute Gasteiger partial charge is 0.180 e. The number of rotatable bonds is 5. The van der Waals surface area contributed by atoms with E-state index in [1.165, 1.54) is 13.2 Å². The van der Waals surface area contributed by atoms with Crippen molar-refractivity contribution >= 4 is 17.9 Å². The highest BCUT2D eigenvalue weighted by molar-refractivity contribution is 6.32. The first-order valence-electron chi connectivity index (χ1n) is 5.44. The summed E-state index contributed by atoms with van der Waals surface area (Å²) in [7, 11) is 3.29. The van der Waals surface area contributed by atoms with E-state index in [1.807, 2.05) is 7.05 Å². The Labute approximate surface area is 114 Å². The van der Waals surface area contributed by atoms with Gasteiger partial charge < -0.3 is 14.0 Å². The predicted molar refractivity (Wildman–Crippen MR) is 68.7 cm³/mol. The number of aldehydes is 1. The second-order valence-corrected chi connectivity index (χ2v) is 4.21. The highest BCUT2D eigenvalue weighted by atomic mass is 35.5. The number of methoxy groups -OCH3 is 1. The molecule has 0 radical (unpaired) electrons. The Hall–Kier alpha value is -2.08. The van der Waals surface area contributed by atoms with E-state index in [4.69, 9.17) is 21.1 Å². The predicted octanol–water partition coefficient (Wildman–Crippen LogP) is 1.87. The van der Waals surface area contributed by atoms with E-state index < -0.39 is 0 Å². The number of nitrogens with zero attached hydrogens (tertiary/aromatic N) is 3. The van der Waals surface area contributed by atoms with Gasteiger partial charge in [0.1, 0.15) is 19.2 Å². The molecule has 1 aromatic heterocycles. The zero-order chi connectivity index (χ0) is 13.8. The number of ether oxygens (including phenoxy) is 2. The van der Waals surface area contributed by atoms with Gasteiger partial charge in [0, 0.05) is 12.6 Å². The van der Waals surface area contributed by atoms with Gasteiger partial charge in [0.25, 0.3) is 0 Å². The molecule has 0 aliphatic rings. The minimum atomic E-state index is 0.201. The maximum absolute atomic E-state index is 10.8. The molecule has 0 saturated carbocycles. The van der Waals surface area contributed by atoms with Crippen LogP contribution in [0.15, 0.2) is 18.5 Å². The molecule has 0 aliphatic heterocycles. The van der Waals surface area contributed by atoms with Crippen LogP contribution in [-0.4, -0.2) is 28.2 Å². The molecule has 1 aromatic carbocycles. The van der Waals surface area contributed by atoms with Crippen molar-refractivity contribution in [1.82, 2.24) is 14.8 Å². The second-order valence-electron chi connectivity index (χ2n) is 3.80. The average Bonchev–Trinajstić information content (AvgIpc) is 2.82. The van der Waals surface area contributed by atoms with Gasteiger partial charge in [0.05, 0.1) is 12.1 Å². The highest BCUT2D eigenvalue weighted by Crippen LogP contribution is 2.36. The molecule has 0 N–H and O–H groups in total. The van der Waals surface area contributed by atoms with E-state index in [-0.39, 0.29) is 6.61 Å². The van der Waals surface area contributed by atoms with Crippen molar-refractivity contribution in [2.45, 2.75) is 6.61 Å². The van der Waals surface area contributed by atoms with Gasteiger partial charge in [0.15, 0.2) is 17.3 Å². The first-order valence-corrected chi connectivity index (χ1v) is 5.82. The van der Waals surface area contributed by atoms with Gasteiger partial charge >= 0.3 is 0 Å². The Morgan fingerprint density at radius 2 is 2.26 bits per heavy atom. The number of aromatic nitrogens is 3. The molecule has 1 heterocycles. The van der Waals surface area contributed by atoms with Gasteiger partial charge in [-0.3, -0.25) is 4.79 Å². The monoisotopic (exact) mass is 281 g/mol. The molecule has 7 heteroatoms. The molecule has 6 nitrogen and oxygen atoms in total. The van der Waals surface area contributed by atoms with Crippen molar-refractivity contribution in [1.29, 1.82) is 0 Å². The van der Waals surface area contributed by atoms with Crippen LogP contribution >= 0.6 is 11.6 Å². The minimum absolute atomic E-state index is 0.201. The summed E-state index contributed by atoms with van der Waals surface area (Å²) in [6.07, 6.45) is 2.27. The van der Waals surface area contributed by atoms with E-state index in [2.05, 4.69) is 10.2 Å². The molecule has 0 amide bonds. The molecular formula is C12H12ClN3O3. The number of hydrogen-bond donors (Lipinski definition) is 0. The number of carbonyl (C=O) groups is 1. The van der Waals surface area contributed by atoms with Crippen LogP contribution < -0.4 is 9.47 Å². The van der Waals surface area contributed by atoms with Crippen molar-refractivity contribution < 1.29 is 14.3 Å². The first-order chi connectivity index (χ1) is 9.15. The summed E-state index contributed by atoms with van der Waals surface area (Å²) in [5.74, 6) is 1.42. The first kappa shape index (κ1) is 13.4. The molecule has 0 atom stereocenters. The fourth-order valence-corrected chi connectivity index (χ4v) is 1.80. The van der Waals surface area contributed by atoms with E-state index in [0.717, 1.165) is 0 Å². The third-order valence-electron chi connectivity index (χ3n) is 2.54. The SMILES string of the molecule is COc1cc(C=O)cc(Cl)c1OCc1nncn1C. The standard InChI is InChI=1S/C12H12ClN3O3/c1-16-7-14-15-11(16)6-19-12-9(13)3-8(5-17)4-10(12)18-2/h3-5,7H,6H2,1-2H3. The van der Waals surface area contributed by atoms with E-state index in [1.54, 1.807) is 17.0 Å². The maximum Gasteiger partial charge on any atom is 0.180 e. The number of hydrogen-bond acceptors (Lipinski definition) is 5. The van der Waals surface area contributed by atoms with Crippen LogP contribution in [0.4, 0.5) is 0 Å². The van der Waals surface area contributed by atoms with E-state index >= 15 is 0 Å². The largest absolute Gasteiger partial charge is 0.493 e. The molecule has 2 aromatic rings. The van der Waals surface area contributed by atoms with Crippen molar-refractivity contribution in [3.05, 3.63) is 34.9 Å². The van der Waals surface area contributed by atoms with Crippen molar-refractivity contribution in [2.75, 3.05) is 7.11 Å². The summed E-state index contributed by atoms with van der Waals surface area (Å²) in [5.41, 5.74) is 0.424. The number of benzene rings is 1. The summed E-state index contributed by atoms with van der Waals surface area (Å²) < 4.78 is 12.5. The Morgan fingerprint density at radius 1 is 1.47 bits per heavy atom. The summed E-state index contributed by atoms with van der Waals surface area (Å²) >= 11 is 6.07. The molecular weight excluding hydrogens is 270 g/mol. The molecule has 19 heavy (non-hydrogen) atoms. The van der Waals surface area contributed by atoms with Gasteiger partial charge in [-0.1, -0.05) is 11.6 Å². The van der Waals surface area contributed by atoms with Gasteiger partial charge in [0.2, 0.25) is 0 Å². The van der Waals surface area contributed by atoms with Crippen LogP contribution in [0.1, 0.15) is 16.2 Å². The third kappa shape index (κ3) is 2.85. The van der Waals surface area contributed by atoms with Crippen molar-refractivity contribution in [2.24, 2.45) is 7.05 Å². The van der Waals surface area contributed by atoms with Gasteiger partial charge in [-0.2, -0.15) is 0 Å². The van der Waals surface area contributed by atoms with Crippen molar-refractivity contribution in [3.8, 4) is 11.5 Å². The quantitative estimate of drug-likeness (QED) is 0.783. The fourth-order valence-electron chi connectivity index (χ4n) is 1.52. The summed E-state index contributed by atoms with van der Waals surface area (Å²) in [5, 5.41) is 7.96. The lowest BCUT2D eigenvalue weighted by molar-refractivity contribution is 0.112. The van der Waals surface area contributed by atoms with Crippen LogP contribution in [0.3, 0.4) is 0 Å². The summed E-state index contributed by atoms with van der Waals surface area (Å²) in [4.78, 5) is 10.8. The molecule has 0 unspecified atom stereocenters. The third-order valence-corrected chi connectivity index (χ3v) is 2.82. The van der Waals surface area contributed by atoms with E-state index in [0.29, 0.717) is 34.2 Å². The summed E-state index contributed by atoms with van der Waals surface area (Å²) in [6, 6.07) is 3.08. The Kier molecular flexibility index (Phi) is 4.01. The zero-order valence-corrected chi connectivity index (χ0v) is 11.2. The van der Waals surface area contributed by atoms with Crippen LogP contribution in [0.5, 0.6) is 11.5 Å². The Balaban J connectivity index is 2.24. The molecule has 0 bridgehead atoms. The molecule has 0 fully saturated rings. The lowest BCUT2D eigenvalue weighted by Gasteiger charge is -2.12. The van der Waals surface area contributed by atoms with Crippen LogP contribution in [0, 0.1) is 0 Å². The molecule has 0 spiro atoms. The highest BCUT2D eigenvalue weighted by Gasteiger charge is 2.13. The number of carbonyl (C=O) groups excluding carboxylic acids is 1. The molecule has 0 saturated heterocycles. The average molecular weight is 282 g/mol.